The molecule has 3 rings (SSSR count). The normalized spacial score (nSPS) is 26.8. The van der Waals surface area contributed by atoms with Gasteiger partial charge in [0.15, 0.2) is 0 Å². The molecule has 1 aliphatic carbocycles. The third-order valence-electron chi connectivity index (χ3n) is 4.42. The van der Waals surface area contributed by atoms with Gasteiger partial charge < -0.3 is 10.5 Å². The molecule has 0 radical (unpaired) electrons. The molecule has 3 heteroatoms. The number of aryl methyl sites for hydroxylation is 1. The molecule has 2 aliphatic rings. The van der Waals surface area contributed by atoms with E-state index in [2.05, 4.69) is 0 Å². The third kappa shape index (κ3) is 1.60. The van der Waals surface area contributed by atoms with Crippen molar-refractivity contribution in [3.63, 3.8) is 0 Å². The fourth-order valence-electron chi connectivity index (χ4n) is 3.46. The predicted octanol–water partition coefficient (Wildman–Crippen LogP) is 2.15. The predicted molar refractivity (Wildman–Crippen MR) is 64.4 cm³/mol. The van der Waals surface area contributed by atoms with Crippen molar-refractivity contribution in [2.75, 3.05) is 13.2 Å². The maximum absolute atomic E-state index is 14.2. The van der Waals surface area contributed by atoms with E-state index in [-0.39, 0.29) is 17.3 Å². The van der Waals surface area contributed by atoms with Gasteiger partial charge in [0.1, 0.15) is 5.82 Å². The molecule has 1 aromatic rings. The van der Waals surface area contributed by atoms with E-state index in [4.69, 9.17) is 10.5 Å². The van der Waals surface area contributed by atoms with Crippen LogP contribution in [-0.2, 0) is 16.6 Å². The number of nitrogens with two attached hydrogens (primary N) is 1. The minimum atomic E-state index is -0.183. The van der Waals surface area contributed by atoms with E-state index in [1.54, 1.807) is 12.1 Å². The van der Waals surface area contributed by atoms with Crippen molar-refractivity contribution < 1.29 is 9.13 Å². The first-order chi connectivity index (χ1) is 8.24. The second kappa shape index (κ2) is 4.07. The molecular weight excluding hydrogens is 217 g/mol. The molecule has 1 unspecified atom stereocenters. The molecule has 1 atom stereocenters. The summed E-state index contributed by atoms with van der Waals surface area (Å²) in [6, 6.07) is 5.48. The largest absolute Gasteiger partial charge is 0.381 e. The Morgan fingerprint density at radius 1 is 1.29 bits per heavy atom. The SMILES string of the molecule is NC1CCc2cccc(F)c2C12CCOCC2. The Morgan fingerprint density at radius 2 is 2.06 bits per heavy atom. The average Bonchev–Trinajstić information content (AvgIpc) is 2.35. The second-order valence-electron chi connectivity index (χ2n) is 5.19. The summed E-state index contributed by atoms with van der Waals surface area (Å²) in [6.07, 6.45) is 3.55. The zero-order valence-corrected chi connectivity index (χ0v) is 9.92. The maximum atomic E-state index is 14.2. The van der Waals surface area contributed by atoms with E-state index in [1.165, 1.54) is 0 Å². The first kappa shape index (κ1) is 11.2. The molecule has 1 spiro atoms. The quantitative estimate of drug-likeness (QED) is 0.747. The van der Waals surface area contributed by atoms with Gasteiger partial charge in [-0.05, 0) is 42.9 Å². The zero-order chi connectivity index (χ0) is 11.9. The maximum Gasteiger partial charge on any atom is 0.127 e. The fraction of sp³-hybridized carbons (Fsp3) is 0.571. The van der Waals surface area contributed by atoms with Gasteiger partial charge in [0, 0.05) is 24.7 Å². The monoisotopic (exact) mass is 235 g/mol. The van der Waals surface area contributed by atoms with Crippen LogP contribution in [0.4, 0.5) is 4.39 Å². The summed E-state index contributed by atoms with van der Waals surface area (Å²) < 4.78 is 19.6. The molecule has 92 valence electrons. The van der Waals surface area contributed by atoms with Crippen molar-refractivity contribution in [1.82, 2.24) is 0 Å². The summed E-state index contributed by atoms with van der Waals surface area (Å²) in [6.45, 7) is 1.39. The van der Waals surface area contributed by atoms with Gasteiger partial charge in [-0.25, -0.2) is 4.39 Å². The van der Waals surface area contributed by atoms with Crippen molar-refractivity contribution in [3.8, 4) is 0 Å². The Hall–Kier alpha value is -0.930. The van der Waals surface area contributed by atoms with Crippen molar-refractivity contribution in [3.05, 3.63) is 35.1 Å². The summed E-state index contributed by atoms with van der Waals surface area (Å²) >= 11 is 0. The van der Waals surface area contributed by atoms with Gasteiger partial charge in [-0.3, -0.25) is 0 Å². The standard InChI is InChI=1S/C14H18FNO/c15-11-3-1-2-10-4-5-12(16)14(13(10)11)6-8-17-9-7-14/h1-3,12H,4-9,16H2. The van der Waals surface area contributed by atoms with Gasteiger partial charge in [0.2, 0.25) is 0 Å². The number of hydrogen-bond donors (Lipinski definition) is 1. The number of ether oxygens (including phenoxy) is 1. The first-order valence-corrected chi connectivity index (χ1v) is 6.35. The summed E-state index contributed by atoms with van der Waals surface area (Å²) in [7, 11) is 0. The molecule has 0 amide bonds. The van der Waals surface area contributed by atoms with Crippen LogP contribution in [0.15, 0.2) is 18.2 Å². The molecule has 1 aliphatic heterocycles. The lowest BCUT2D eigenvalue weighted by atomic mass is 9.63. The van der Waals surface area contributed by atoms with Gasteiger partial charge in [-0.2, -0.15) is 0 Å². The molecule has 1 heterocycles. The lowest BCUT2D eigenvalue weighted by molar-refractivity contribution is 0.0345. The minimum absolute atomic E-state index is 0.0656. The highest BCUT2D eigenvalue weighted by atomic mass is 19.1. The van der Waals surface area contributed by atoms with Crippen LogP contribution in [0, 0.1) is 5.82 Å². The zero-order valence-electron chi connectivity index (χ0n) is 9.92. The number of benzene rings is 1. The Kier molecular flexibility index (Phi) is 2.68. The average molecular weight is 235 g/mol. The van der Waals surface area contributed by atoms with Crippen LogP contribution in [0.2, 0.25) is 0 Å². The molecule has 2 nitrogen and oxygen atoms in total. The molecular formula is C14H18FNO. The molecule has 0 saturated carbocycles. The molecule has 2 N–H and O–H groups in total. The van der Waals surface area contributed by atoms with Crippen LogP contribution in [-0.4, -0.2) is 19.3 Å². The lowest BCUT2D eigenvalue weighted by Gasteiger charge is -2.46. The van der Waals surface area contributed by atoms with Crippen LogP contribution in [0.5, 0.6) is 0 Å². The van der Waals surface area contributed by atoms with Crippen LogP contribution < -0.4 is 5.73 Å². The van der Waals surface area contributed by atoms with Crippen molar-refractivity contribution in [2.45, 2.75) is 37.1 Å². The molecule has 1 saturated heterocycles. The fourth-order valence-corrected chi connectivity index (χ4v) is 3.46. The van der Waals surface area contributed by atoms with Gasteiger partial charge in [-0.15, -0.1) is 0 Å². The Bertz CT molecular complexity index is 426. The number of halogens is 1. The van der Waals surface area contributed by atoms with Crippen molar-refractivity contribution in [1.29, 1.82) is 0 Å². The highest BCUT2D eigenvalue weighted by Crippen LogP contribution is 2.44. The van der Waals surface area contributed by atoms with Crippen LogP contribution in [0.1, 0.15) is 30.4 Å². The van der Waals surface area contributed by atoms with E-state index in [9.17, 15) is 4.39 Å². The first-order valence-electron chi connectivity index (χ1n) is 6.35. The molecule has 1 fully saturated rings. The molecule has 0 bridgehead atoms. The Morgan fingerprint density at radius 3 is 2.82 bits per heavy atom. The summed E-state index contributed by atoms with van der Waals surface area (Å²) in [5.74, 6) is -0.0837. The van der Waals surface area contributed by atoms with E-state index in [1.807, 2.05) is 6.07 Å². The Labute approximate surface area is 101 Å². The number of fused-ring (bicyclic) bond motifs is 2. The lowest BCUT2D eigenvalue weighted by Crippen LogP contribution is -2.52. The van der Waals surface area contributed by atoms with Crippen molar-refractivity contribution >= 4 is 0 Å². The smallest absolute Gasteiger partial charge is 0.127 e. The van der Waals surface area contributed by atoms with Gasteiger partial charge >= 0.3 is 0 Å². The highest BCUT2D eigenvalue weighted by Gasteiger charge is 2.45. The summed E-state index contributed by atoms with van der Waals surface area (Å²) in [5.41, 5.74) is 8.15. The minimum Gasteiger partial charge on any atom is -0.381 e. The van der Waals surface area contributed by atoms with E-state index >= 15 is 0 Å². The van der Waals surface area contributed by atoms with E-state index in [0.29, 0.717) is 13.2 Å². The molecule has 1 aromatic carbocycles. The topological polar surface area (TPSA) is 35.2 Å². The van der Waals surface area contributed by atoms with Crippen molar-refractivity contribution in [2.24, 2.45) is 5.73 Å². The van der Waals surface area contributed by atoms with E-state index < -0.39 is 0 Å². The van der Waals surface area contributed by atoms with Crippen LogP contribution in [0.3, 0.4) is 0 Å². The summed E-state index contributed by atoms with van der Waals surface area (Å²) in [4.78, 5) is 0. The Balaban J connectivity index is 2.15. The third-order valence-corrected chi connectivity index (χ3v) is 4.42. The van der Waals surface area contributed by atoms with Gasteiger partial charge in [-0.1, -0.05) is 12.1 Å². The molecule has 17 heavy (non-hydrogen) atoms. The molecule has 0 aromatic heterocycles. The van der Waals surface area contributed by atoms with Crippen LogP contribution >= 0.6 is 0 Å². The van der Waals surface area contributed by atoms with Gasteiger partial charge in [0.05, 0.1) is 0 Å². The number of rotatable bonds is 0. The highest BCUT2D eigenvalue weighted by molar-refractivity contribution is 5.40. The second-order valence-corrected chi connectivity index (χ2v) is 5.19. The number of hydrogen-bond acceptors (Lipinski definition) is 2. The van der Waals surface area contributed by atoms with Gasteiger partial charge in [0.25, 0.3) is 0 Å². The van der Waals surface area contributed by atoms with Crippen LogP contribution in [0.25, 0.3) is 0 Å². The van der Waals surface area contributed by atoms with E-state index in [0.717, 1.165) is 36.8 Å². The summed E-state index contributed by atoms with van der Waals surface area (Å²) in [5, 5.41) is 0.